The Morgan fingerprint density at radius 1 is 1.26 bits per heavy atom. The highest BCUT2D eigenvalue weighted by molar-refractivity contribution is 5.48. The topological polar surface area (TPSA) is 12.0 Å². The van der Waals surface area contributed by atoms with Gasteiger partial charge >= 0.3 is 0 Å². The van der Waals surface area contributed by atoms with Crippen LogP contribution in [0.4, 0.5) is 10.1 Å². The van der Waals surface area contributed by atoms with Crippen molar-refractivity contribution in [3.8, 4) is 0 Å². The lowest BCUT2D eigenvalue weighted by molar-refractivity contribution is 0.155. The minimum Gasteiger partial charge on any atom is -0.381 e. The molecule has 1 aromatic rings. The summed E-state index contributed by atoms with van der Waals surface area (Å²) < 4.78 is 13.4. The van der Waals surface area contributed by atoms with E-state index in [9.17, 15) is 4.39 Å². The molecule has 2 fully saturated rings. The lowest BCUT2D eigenvalue weighted by Crippen LogP contribution is -2.45. The zero-order valence-corrected chi connectivity index (χ0v) is 12.4. The molecule has 0 amide bonds. The van der Waals surface area contributed by atoms with Gasteiger partial charge in [0.05, 0.1) is 0 Å². The first-order valence-corrected chi connectivity index (χ1v) is 7.36. The first kappa shape index (κ1) is 13.0. The van der Waals surface area contributed by atoms with Crippen molar-refractivity contribution in [3.05, 3.63) is 29.6 Å². The van der Waals surface area contributed by atoms with Gasteiger partial charge in [0.2, 0.25) is 0 Å². The van der Waals surface area contributed by atoms with E-state index in [1.54, 1.807) is 6.07 Å². The fourth-order valence-electron chi connectivity index (χ4n) is 4.56. The quantitative estimate of drug-likeness (QED) is 0.809. The predicted octanol–water partition coefficient (Wildman–Crippen LogP) is 4.76. The van der Waals surface area contributed by atoms with Crippen LogP contribution in [0.25, 0.3) is 0 Å². The van der Waals surface area contributed by atoms with Crippen molar-refractivity contribution in [3.63, 3.8) is 0 Å². The molecule has 0 heterocycles. The maximum atomic E-state index is 13.4. The second kappa shape index (κ2) is 3.97. The molecule has 19 heavy (non-hydrogen) atoms. The van der Waals surface area contributed by atoms with Crippen molar-refractivity contribution in [2.75, 3.05) is 5.32 Å². The van der Waals surface area contributed by atoms with Gasteiger partial charge in [-0.1, -0.05) is 20.8 Å². The molecule has 0 spiro atoms. The number of hydrogen-bond donors (Lipinski definition) is 1. The summed E-state index contributed by atoms with van der Waals surface area (Å²) >= 11 is 0. The summed E-state index contributed by atoms with van der Waals surface area (Å²) in [4.78, 5) is 0. The molecule has 1 N–H and O–H groups in total. The fourth-order valence-corrected chi connectivity index (χ4v) is 4.56. The molecule has 1 nitrogen and oxygen atoms in total. The van der Waals surface area contributed by atoms with Crippen LogP contribution in [-0.4, -0.2) is 6.04 Å². The van der Waals surface area contributed by atoms with E-state index in [0.29, 0.717) is 16.9 Å². The van der Waals surface area contributed by atoms with Gasteiger partial charge in [-0.15, -0.1) is 0 Å². The second-order valence-corrected chi connectivity index (χ2v) is 7.46. The van der Waals surface area contributed by atoms with E-state index >= 15 is 0 Å². The Morgan fingerprint density at radius 3 is 2.58 bits per heavy atom. The fraction of sp³-hybridized carbons (Fsp3) is 0.647. The van der Waals surface area contributed by atoms with Crippen LogP contribution < -0.4 is 5.32 Å². The average molecular weight is 261 g/mol. The summed E-state index contributed by atoms with van der Waals surface area (Å²) in [6.07, 6.45) is 4.01. The zero-order valence-electron chi connectivity index (χ0n) is 12.4. The highest BCUT2D eigenvalue weighted by atomic mass is 19.1. The summed E-state index contributed by atoms with van der Waals surface area (Å²) in [5.74, 6) is 0.709. The van der Waals surface area contributed by atoms with Crippen LogP contribution in [0.1, 0.15) is 45.6 Å². The minimum atomic E-state index is -0.121. The average Bonchev–Trinajstić information content (AvgIpc) is 2.80. The standard InChI is InChI=1S/C17H24FN/c1-11-9-13(5-6-14(11)18)19-15-16(2,3)12-7-8-17(15,4)10-12/h5-6,9,12,15,19H,7-8,10H2,1-4H3/t12-,15?,17+/m0/s1. The van der Waals surface area contributed by atoms with Crippen molar-refractivity contribution in [2.45, 2.75) is 53.0 Å². The van der Waals surface area contributed by atoms with Crippen molar-refractivity contribution < 1.29 is 4.39 Å². The summed E-state index contributed by atoms with van der Waals surface area (Å²) in [5, 5.41) is 3.70. The highest BCUT2D eigenvalue weighted by Gasteiger charge is 2.59. The third-order valence-corrected chi connectivity index (χ3v) is 5.74. The van der Waals surface area contributed by atoms with Gasteiger partial charge in [-0.05, 0) is 66.7 Å². The molecular weight excluding hydrogens is 237 g/mol. The molecule has 0 radical (unpaired) electrons. The van der Waals surface area contributed by atoms with Crippen molar-refractivity contribution in [1.82, 2.24) is 0 Å². The highest BCUT2D eigenvalue weighted by Crippen LogP contribution is 2.63. The molecule has 2 heteroatoms. The smallest absolute Gasteiger partial charge is 0.126 e. The Kier molecular flexibility index (Phi) is 2.71. The number of benzene rings is 1. The summed E-state index contributed by atoms with van der Waals surface area (Å²) in [6.45, 7) is 9.01. The molecule has 1 unspecified atom stereocenters. The van der Waals surface area contributed by atoms with Gasteiger partial charge in [0.15, 0.2) is 0 Å². The monoisotopic (exact) mass is 261 g/mol. The van der Waals surface area contributed by atoms with Gasteiger partial charge in [-0.3, -0.25) is 0 Å². The largest absolute Gasteiger partial charge is 0.381 e. The number of fused-ring (bicyclic) bond motifs is 2. The van der Waals surface area contributed by atoms with E-state index in [1.165, 1.54) is 19.3 Å². The number of anilines is 1. The van der Waals surface area contributed by atoms with Gasteiger partial charge in [-0.2, -0.15) is 0 Å². The summed E-state index contributed by atoms with van der Waals surface area (Å²) in [5.41, 5.74) is 2.51. The maximum absolute atomic E-state index is 13.4. The SMILES string of the molecule is Cc1cc(NC2C(C)(C)[C@H]3CC[C@]2(C)C3)ccc1F. The number of nitrogens with one attached hydrogen (secondary N) is 1. The van der Waals surface area contributed by atoms with E-state index in [-0.39, 0.29) is 5.82 Å². The summed E-state index contributed by atoms with van der Waals surface area (Å²) in [6, 6.07) is 5.86. The Morgan fingerprint density at radius 2 is 2.00 bits per heavy atom. The maximum Gasteiger partial charge on any atom is 0.126 e. The van der Waals surface area contributed by atoms with Crippen LogP contribution in [0.3, 0.4) is 0 Å². The minimum absolute atomic E-state index is 0.121. The first-order valence-electron chi connectivity index (χ1n) is 7.36. The van der Waals surface area contributed by atoms with Crippen LogP contribution in [0, 0.1) is 29.5 Å². The van der Waals surface area contributed by atoms with E-state index in [1.807, 2.05) is 19.1 Å². The van der Waals surface area contributed by atoms with E-state index in [0.717, 1.165) is 17.2 Å². The van der Waals surface area contributed by atoms with Crippen molar-refractivity contribution >= 4 is 5.69 Å². The summed E-state index contributed by atoms with van der Waals surface area (Å²) in [7, 11) is 0. The lowest BCUT2D eigenvalue weighted by Gasteiger charge is -2.43. The molecule has 0 aliphatic heterocycles. The number of aryl methyl sites for hydroxylation is 1. The molecule has 3 rings (SSSR count). The van der Waals surface area contributed by atoms with Crippen LogP contribution in [-0.2, 0) is 0 Å². The molecule has 2 aliphatic carbocycles. The molecule has 2 saturated carbocycles. The molecule has 2 bridgehead atoms. The number of halogens is 1. The number of rotatable bonds is 2. The molecule has 104 valence electrons. The second-order valence-electron chi connectivity index (χ2n) is 7.46. The molecule has 2 aliphatic rings. The van der Waals surface area contributed by atoms with Gasteiger partial charge in [0.1, 0.15) is 5.82 Å². The predicted molar refractivity (Wildman–Crippen MR) is 77.8 cm³/mol. The van der Waals surface area contributed by atoms with Crippen molar-refractivity contribution in [1.29, 1.82) is 0 Å². The molecule has 3 atom stereocenters. The molecular formula is C17H24FN. The molecule has 0 saturated heterocycles. The Bertz CT molecular complexity index is 503. The van der Waals surface area contributed by atoms with E-state index in [2.05, 4.69) is 26.1 Å². The van der Waals surface area contributed by atoms with Crippen LogP contribution >= 0.6 is 0 Å². The third-order valence-electron chi connectivity index (χ3n) is 5.74. The van der Waals surface area contributed by atoms with Gasteiger partial charge in [-0.25, -0.2) is 4.39 Å². The van der Waals surface area contributed by atoms with Gasteiger partial charge in [0.25, 0.3) is 0 Å². The van der Waals surface area contributed by atoms with Crippen LogP contribution in [0.2, 0.25) is 0 Å². The lowest BCUT2D eigenvalue weighted by atomic mass is 9.68. The zero-order chi connectivity index (χ0) is 13.8. The van der Waals surface area contributed by atoms with Crippen LogP contribution in [0.15, 0.2) is 18.2 Å². The normalized spacial score (nSPS) is 35.6. The molecule has 0 aromatic heterocycles. The van der Waals surface area contributed by atoms with Gasteiger partial charge in [0, 0.05) is 11.7 Å². The Hall–Kier alpha value is -1.05. The third kappa shape index (κ3) is 1.87. The molecule has 1 aromatic carbocycles. The van der Waals surface area contributed by atoms with E-state index < -0.39 is 0 Å². The van der Waals surface area contributed by atoms with Crippen LogP contribution in [0.5, 0.6) is 0 Å². The van der Waals surface area contributed by atoms with E-state index in [4.69, 9.17) is 0 Å². The Labute approximate surface area is 115 Å². The van der Waals surface area contributed by atoms with Crippen molar-refractivity contribution in [2.24, 2.45) is 16.7 Å². The Balaban J connectivity index is 1.88. The van der Waals surface area contributed by atoms with Gasteiger partial charge < -0.3 is 5.32 Å². The first-order chi connectivity index (χ1) is 8.83. The number of hydrogen-bond acceptors (Lipinski definition) is 1.